The van der Waals surface area contributed by atoms with E-state index >= 15 is 0 Å². The summed E-state index contributed by atoms with van der Waals surface area (Å²) in [6, 6.07) is 10.7. The van der Waals surface area contributed by atoms with Gasteiger partial charge in [-0.1, -0.05) is 6.07 Å². The van der Waals surface area contributed by atoms with Gasteiger partial charge in [0.1, 0.15) is 5.75 Å². The number of amides is 1. The highest BCUT2D eigenvalue weighted by atomic mass is 32.1. The van der Waals surface area contributed by atoms with Gasteiger partial charge in [0.15, 0.2) is 6.61 Å². The lowest BCUT2D eigenvalue weighted by Gasteiger charge is -2.07. The molecule has 6 heteroatoms. The summed E-state index contributed by atoms with van der Waals surface area (Å²) in [4.78, 5) is 23.5. The summed E-state index contributed by atoms with van der Waals surface area (Å²) in [5, 5.41) is 13.4. The van der Waals surface area contributed by atoms with Crippen molar-refractivity contribution in [2.75, 3.05) is 11.9 Å². The van der Waals surface area contributed by atoms with Gasteiger partial charge in [-0.15, -0.1) is 11.3 Å². The number of rotatable bonds is 8. The molecule has 0 aliphatic rings. The van der Waals surface area contributed by atoms with Gasteiger partial charge in [0.05, 0.1) is 0 Å². The fourth-order valence-corrected chi connectivity index (χ4v) is 2.63. The Bertz CT molecular complexity index is 608. The Morgan fingerprint density at radius 2 is 1.95 bits per heavy atom. The van der Waals surface area contributed by atoms with Crippen LogP contribution in [0.5, 0.6) is 5.75 Å². The molecule has 5 nitrogen and oxygen atoms in total. The molecule has 0 aliphatic heterocycles. The summed E-state index contributed by atoms with van der Waals surface area (Å²) >= 11 is 1.70. The van der Waals surface area contributed by atoms with Gasteiger partial charge in [-0.3, -0.25) is 4.79 Å². The van der Waals surface area contributed by atoms with Crippen LogP contribution < -0.4 is 10.1 Å². The number of ether oxygens (including phenoxy) is 1. The second-order valence-electron chi connectivity index (χ2n) is 4.69. The number of hydrogen-bond acceptors (Lipinski definition) is 4. The maximum atomic E-state index is 11.8. The molecule has 0 bridgehead atoms. The predicted molar refractivity (Wildman–Crippen MR) is 85.5 cm³/mol. The Balaban J connectivity index is 1.72. The molecule has 0 spiro atoms. The molecule has 2 rings (SSSR count). The fraction of sp³-hybridized carbons (Fsp3) is 0.250. The number of carbonyl (C=O) groups excluding carboxylic acids is 1. The number of nitrogens with one attached hydrogen (secondary N) is 1. The third kappa shape index (κ3) is 5.57. The molecule has 2 aromatic rings. The number of aliphatic carboxylic acids is 1. The van der Waals surface area contributed by atoms with Crippen molar-refractivity contribution in [3.05, 3.63) is 46.7 Å². The van der Waals surface area contributed by atoms with Crippen LogP contribution in [-0.4, -0.2) is 23.6 Å². The van der Waals surface area contributed by atoms with Crippen molar-refractivity contribution in [3.8, 4) is 5.75 Å². The quantitative estimate of drug-likeness (QED) is 0.783. The van der Waals surface area contributed by atoms with E-state index in [9.17, 15) is 9.59 Å². The molecule has 0 unspecified atom stereocenters. The number of thiophene rings is 1. The standard InChI is InChI=1S/C16H17NO4S/c18-15(5-1-3-14-4-2-10-22-14)17-12-6-8-13(9-7-12)21-11-16(19)20/h2,4,6-10H,1,3,5,11H2,(H,17,18)(H,19,20). The lowest BCUT2D eigenvalue weighted by molar-refractivity contribution is -0.139. The zero-order valence-corrected chi connectivity index (χ0v) is 12.8. The van der Waals surface area contributed by atoms with Crippen LogP contribution >= 0.6 is 11.3 Å². The van der Waals surface area contributed by atoms with E-state index in [-0.39, 0.29) is 12.5 Å². The molecule has 116 valence electrons. The molecule has 0 radical (unpaired) electrons. The molecule has 1 aromatic carbocycles. The summed E-state index contributed by atoms with van der Waals surface area (Å²) < 4.78 is 5.02. The van der Waals surface area contributed by atoms with Crippen LogP contribution in [-0.2, 0) is 16.0 Å². The van der Waals surface area contributed by atoms with Crippen molar-refractivity contribution in [1.29, 1.82) is 0 Å². The van der Waals surface area contributed by atoms with Crippen molar-refractivity contribution in [2.24, 2.45) is 0 Å². The number of carboxylic acid groups (broad SMARTS) is 1. The fourth-order valence-electron chi connectivity index (χ4n) is 1.88. The number of carboxylic acids is 1. The summed E-state index contributed by atoms with van der Waals surface area (Å²) in [7, 11) is 0. The first-order chi connectivity index (χ1) is 10.6. The molecule has 1 amide bonds. The Kier molecular flexibility index (Phi) is 5.97. The van der Waals surface area contributed by atoms with Gasteiger partial charge in [-0.2, -0.15) is 0 Å². The zero-order valence-electron chi connectivity index (χ0n) is 12.0. The van der Waals surface area contributed by atoms with Crippen LogP contribution in [0, 0.1) is 0 Å². The molecule has 1 aromatic heterocycles. The smallest absolute Gasteiger partial charge is 0.341 e. The van der Waals surface area contributed by atoms with Crippen LogP contribution in [0.15, 0.2) is 41.8 Å². The Labute approximate surface area is 132 Å². The van der Waals surface area contributed by atoms with Crippen LogP contribution in [0.4, 0.5) is 5.69 Å². The second-order valence-corrected chi connectivity index (χ2v) is 5.72. The minimum Gasteiger partial charge on any atom is -0.482 e. The van der Waals surface area contributed by atoms with Gasteiger partial charge in [0.25, 0.3) is 0 Å². The molecule has 22 heavy (non-hydrogen) atoms. The summed E-state index contributed by atoms with van der Waals surface area (Å²) in [6.07, 6.45) is 2.19. The van der Waals surface area contributed by atoms with Crippen LogP contribution in [0.2, 0.25) is 0 Å². The SMILES string of the molecule is O=C(O)COc1ccc(NC(=O)CCCc2cccs2)cc1. The topological polar surface area (TPSA) is 75.6 Å². The lowest BCUT2D eigenvalue weighted by Crippen LogP contribution is -2.12. The third-order valence-electron chi connectivity index (χ3n) is 2.91. The molecule has 0 atom stereocenters. The van der Waals surface area contributed by atoms with E-state index in [4.69, 9.17) is 9.84 Å². The molecule has 1 heterocycles. The van der Waals surface area contributed by atoms with Crippen molar-refractivity contribution < 1.29 is 19.4 Å². The summed E-state index contributed by atoms with van der Waals surface area (Å²) in [5.41, 5.74) is 0.670. The molecular weight excluding hydrogens is 302 g/mol. The summed E-state index contributed by atoms with van der Waals surface area (Å²) in [6.45, 7) is -0.381. The van der Waals surface area contributed by atoms with Gasteiger partial charge in [0, 0.05) is 17.0 Å². The van der Waals surface area contributed by atoms with Crippen molar-refractivity contribution >= 4 is 28.9 Å². The molecule has 2 N–H and O–H groups in total. The van der Waals surface area contributed by atoms with Gasteiger partial charge < -0.3 is 15.2 Å². The summed E-state index contributed by atoms with van der Waals surface area (Å²) in [5.74, 6) is -0.600. The average Bonchev–Trinajstić information content (AvgIpc) is 3.00. The second kappa shape index (κ2) is 8.19. The number of aryl methyl sites for hydroxylation is 1. The maximum absolute atomic E-state index is 11.8. The highest BCUT2D eigenvalue weighted by Gasteiger charge is 2.04. The van der Waals surface area contributed by atoms with Crippen LogP contribution in [0.1, 0.15) is 17.7 Å². The third-order valence-corrected chi connectivity index (χ3v) is 3.84. The van der Waals surface area contributed by atoms with E-state index in [0.29, 0.717) is 17.9 Å². The molecule has 0 fully saturated rings. The largest absolute Gasteiger partial charge is 0.482 e. The zero-order chi connectivity index (χ0) is 15.8. The monoisotopic (exact) mass is 319 g/mol. The van der Waals surface area contributed by atoms with Gasteiger partial charge in [0.2, 0.25) is 5.91 Å². The number of anilines is 1. The first-order valence-corrected chi connectivity index (χ1v) is 7.78. The Morgan fingerprint density at radius 3 is 2.59 bits per heavy atom. The Hall–Kier alpha value is -2.34. The highest BCUT2D eigenvalue weighted by molar-refractivity contribution is 7.09. The molecular formula is C16H17NO4S. The highest BCUT2D eigenvalue weighted by Crippen LogP contribution is 2.16. The number of carbonyl (C=O) groups is 2. The van der Waals surface area contributed by atoms with E-state index in [1.54, 1.807) is 35.6 Å². The first kappa shape index (κ1) is 16.0. The van der Waals surface area contributed by atoms with E-state index < -0.39 is 5.97 Å². The molecule has 0 saturated carbocycles. The number of benzene rings is 1. The van der Waals surface area contributed by atoms with E-state index in [1.165, 1.54) is 4.88 Å². The minimum atomic E-state index is -1.02. The first-order valence-electron chi connectivity index (χ1n) is 6.90. The van der Waals surface area contributed by atoms with E-state index in [2.05, 4.69) is 11.4 Å². The van der Waals surface area contributed by atoms with Crippen molar-refractivity contribution in [2.45, 2.75) is 19.3 Å². The van der Waals surface area contributed by atoms with Crippen molar-refractivity contribution in [1.82, 2.24) is 0 Å². The van der Waals surface area contributed by atoms with Crippen LogP contribution in [0.25, 0.3) is 0 Å². The predicted octanol–water partition coefficient (Wildman–Crippen LogP) is 3.17. The van der Waals surface area contributed by atoms with Gasteiger partial charge >= 0.3 is 5.97 Å². The van der Waals surface area contributed by atoms with Gasteiger partial charge in [-0.25, -0.2) is 4.79 Å². The average molecular weight is 319 g/mol. The van der Waals surface area contributed by atoms with Crippen LogP contribution in [0.3, 0.4) is 0 Å². The lowest BCUT2D eigenvalue weighted by atomic mass is 10.2. The minimum absolute atomic E-state index is 0.0317. The number of hydrogen-bond donors (Lipinski definition) is 2. The Morgan fingerprint density at radius 1 is 1.18 bits per heavy atom. The maximum Gasteiger partial charge on any atom is 0.341 e. The van der Waals surface area contributed by atoms with E-state index in [0.717, 1.165) is 12.8 Å². The van der Waals surface area contributed by atoms with Crippen molar-refractivity contribution in [3.63, 3.8) is 0 Å². The molecule has 0 aliphatic carbocycles. The molecule has 0 saturated heterocycles. The normalized spacial score (nSPS) is 10.2. The van der Waals surface area contributed by atoms with E-state index in [1.807, 2.05) is 11.4 Å². The van der Waals surface area contributed by atoms with Gasteiger partial charge in [-0.05, 0) is 48.6 Å².